The summed E-state index contributed by atoms with van der Waals surface area (Å²) >= 11 is 0. The van der Waals surface area contributed by atoms with Crippen molar-refractivity contribution in [2.75, 3.05) is 5.32 Å². The summed E-state index contributed by atoms with van der Waals surface area (Å²) in [5.41, 5.74) is 3.49. The average molecular weight is 332 g/mol. The standard InChI is InChI=1S/C20H20N4O/c1-14-8-10-17(11-9-14)24-19-12-18(22-15(2)23-19)20(25)21-13-16-6-4-3-5-7-16/h3-12H,13H2,1-2H3,(H,21,25)(H,22,23,24). The smallest absolute Gasteiger partial charge is 0.270 e. The van der Waals surface area contributed by atoms with Gasteiger partial charge in [-0.1, -0.05) is 48.0 Å². The molecule has 0 radical (unpaired) electrons. The van der Waals surface area contributed by atoms with Gasteiger partial charge in [0.25, 0.3) is 5.91 Å². The van der Waals surface area contributed by atoms with Crippen LogP contribution in [-0.2, 0) is 6.54 Å². The van der Waals surface area contributed by atoms with Crippen molar-refractivity contribution in [3.05, 3.63) is 83.3 Å². The fourth-order valence-electron chi connectivity index (χ4n) is 2.40. The molecular weight excluding hydrogens is 312 g/mol. The Hall–Kier alpha value is -3.21. The van der Waals surface area contributed by atoms with Crippen LogP contribution < -0.4 is 10.6 Å². The molecule has 5 heteroatoms. The first-order valence-electron chi connectivity index (χ1n) is 8.12. The van der Waals surface area contributed by atoms with E-state index in [9.17, 15) is 4.79 Å². The minimum absolute atomic E-state index is 0.221. The number of aromatic nitrogens is 2. The first-order valence-corrected chi connectivity index (χ1v) is 8.12. The average Bonchev–Trinajstić information content (AvgIpc) is 2.62. The number of anilines is 2. The molecule has 0 aliphatic rings. The third kappa shape index (κ3) is 4.64. The number of benzene rings is 2. The minimum atomic E-state index is -0.221. The predicted octanol–water partition coefficient (Wildman–Crippen LogP) is 3.77. The van der Waals surface area contributed by atoms with E-state index < -0.39 is 0 Å². The molecule has 0 saturated heterocycles. The number of carbonyl (C=O) groups is 1. The number of nitrogens with zero attached hydrogens (tertiary/aromatic N) is 2. The van der Waals surface area contributed by atoms with Gasteiger partial charge in [0.05, 0.1) is 0 Å². The molecular formula is C20H20N4O. The van der Waals surface area contributed by atoms with E-state index in [4.69, 9.17) is 0 Å². The molecule has 1 aromatic heterocycles. The molecule has 3 rings (SSSR count). The maximum absolute atomic E-state index is 12.4. The van der Waals surface area contributed by atoms with E-state index in [1.165, 1.54) is 5.56 Å². The van der Waals surface area contributed by atoms with Gasteiger partial charge in [-0.15, -0.1) is 0 Å². The molecule has 126 valence electrons. The summed E-state index contributed by atoms with van der Waals surface area (Å²) in [7, 11) is 0. The Balaban J connectivity index is 1.72. The fraction of sp³-hybridized carbons (Fsp3) is 0.150. The highest BCUT2D eigenvalue weighted by molar-refractivity contribution is 5.93. The van der Waals surface area contributed by atoms with Crippen LogP contribution in [0.4, 0.5) is 11.5 Å². The third-order valence-corrected chi connectivity index (χ3v) is 3.69. The molecule has 1 amide bonds. The molecule has 0 saturated carbocycles. The largest absolute Gasteiger partial charge is 0.347 e. The van der Waals surface area contributed by atoms with Gasteiger partial charge >= 0.3 is 0 Å². The lowest BCUT2D eigenvalue weighted by molar-refractivity contribution is 0.0945. The number of hydrogen-bond donors (Lipinski definition) is 2. The van der Waals surface area contributed by atoms with E-state index in [0.717, 1.165) is 11.3 Å². The maximum atomic E-state index is 12.4. The lowest BCUT2D eigenvalue weighted by Gasteiger charge is -2.09. The van der Waals surface area contributed by atoms with Gasteiger partial charge in [-0.3, -0.25) is 4.79 Å². The highest BCUT2D eigenvalue weighted by atomic mass is 16.1. The van der Waals surface area contributed by atoms with Gasteiger partial charge in [0, 0.05) is 18.3 Å². The number of hydrogen-bond acceptors (Lipinski definition) is 4. The summed E-state index contributed by atoms with van der Waals surface area (Å²) in [6, 6.07) is 19.4. The van der Waals surface area contributed by atoms with Gasteiger partial charge in [-0.25, -0.2) is 9.97 Å². The van der Waals surface area contributed by atoms with Crippen LogP contribution in [0, 0.1) is 13.8 Å². The van der Waals surface area contributed by atoms with Crippen molar-refractivity contribution in [3.63, 3.8) is 0 Å². The van der Waals surface area contributed by atoms with Gasteiger partial charge in [-0.2, -0.15) is 0 Å². The van der Waals surface area contributed by atoms with Crippen molar-refractivity contribution in [2.24, 2.45) is 0 Å². The molecule has 0 spiro atoms. The van der Waals surface area contributed by atoms with Crippen molar-refractivity contribution >= 4 is 17.4 Å². The zero-order valence-corrected chi connectivity index (χ0v) is 14.3. The van der Waals surface area contributed by atoms with E-state index >= 15 is 0 Å². The molecule has 0 bridgehead atoms. The normalized spacial score (nSPS) is 10.3. The van der Waals surface area contributed by atoms with Gasteiger partial charge in [0.2, 0.25) is 0 Å². The Labute approximate surface area is 147 Å². The van der Waals surface area contributed by atoms with E-state index in [1.54, 1.807) is 13.0 Å². The maximum Gasteiger partial charge on any atom is 0.270 e. The Kier molecular flexibility index (Phi) is 5.04. The third-order valence-electron chi connectivity index (χ3n) is 3.69. The second-order valence-corrected chi connectivity index (χ2v) is 5.84. The quantitative estimate of drug-likeness (QED) is 0.746. The highest BCUT2D eigenvalue weighted by Crippen LogP contribution is 2.16. The van der Waals surface area contributed by atoms with E-state index in [0.29, 0.717) is 23.9 Å². The van der Waals surface area contributed by atoms with Crippen LogP contribution in [0.1, 0.15) is 27.4 Å². The van der Waals surface area contributed by atoms with E-state index in [1.807, 2.05) is 61.5 Å². The van der Waals surface area contributed by atoms with Gasteiger partial charge < -0.3 is 10.6 Å². The molecule has 2 N–H and O–H groups in total. The number of amides is 1. The van der Waals surface area contributed by atoms with Crippen LogP contribution in [0.25, 0.3) is 0 Å². The fourth-order valence-corrected chi connectivity index (χ4v) is 2.40. The summed E-state index contributed by atoms with van der Waals surface area (Å²) in [5.74, 6) is 0.921. The summed E-state index contributed by atoms with van der Waals surface area (Å²) in [6.45, 7) is 4.27. The Morgan fingerprint density at radius 1 is 0.960 bits per heavy atom. The van der Waals surface area contributed by atoms with Crippen molar-refractivity contribution in [1.82, 2.24) is 15.3 Å². The highest BCUT2D eigenvalue weighted by Gasteiger charge is 2.10. The molecule has 2 aromatic carbocycles. The molecule has 25 heavy (non-hydrogen) atoms. The van der Waals surface area contributed by atoms with Gasteiger partial charge in [0.1, 0.15) is 17.3 Å². The lowest BCUT2D eigenvalue weighted by atomic mass is 10.2. The lowest BCUT2D eigenvalue weighted by Crippen LogP contribution is -2.24. The number of aryl methyl sites for hydroxylation is 2. The van der Waals surface area contributed by atoms with Crippen molar-refractivity contribution in [1.29, 1.82) is 0 Å². The Morgan fingerprint density at radius 2 is 1.68 bits per heavy atom. The van der Waals surface area contributed by atoms with Crippen LogP contribution in [0.2, 0.25) is 0 Å². The monoisotopic (exact) mass is 332 g/mol. The van der Waals surface area contributed by atoms with Gasteiger partial charge in [0.15, 0.2) is 0 Å². The predicted molar refractivity (Wildman–Crippen MR) is 98.8 cm³/mol. The van der Waals surface area contributed by atoms with Crippen LogP contribution in [0.15, 0.2) is 60.7 Å². The number of carbonyl (C=O) groups excluding carboxylic acids is 1. The van der Waals surface area contributed by atoms with Crippen molar-refractivity contribution in [3.8, 4) is 0 Å². The van der Waals surface area contributed by atoms with Crippen LogP contribution in [-0.4, -0.2) is 15.9 Å². The van der Waals surface area contributed by atoms with E-state index in [2.05, 4.69) is 20.6 Å². The SMILES string of the molecule is Cc1ccc(Nc2cc(C(=O)NCc3ccccc3)nc(C)n2)cc1. The summed E-state index contributed by atoms with van der Waals surface area (Å²) in [5, 5.41) is 6.09. The summed E-state index contributed by atoms with van der Waals surface area (Å²) in [6.07, 6.45) is 0. The van der Waals surface area contributed by atoms with E-state index in [-0.39, 0.29) is 5.91 Å². The molecule has 5 nitrogen and oxygen atoms in total. The van der Waals surface area contributed by atoms with Gasteiger partial charge in [-0.05, 0) is 31.5 Å². The van der Waals surface area contributed by atoms with Crippen LogP contribution in [0.3, 0.4) is 0 Å². The van der Waals surface area contributed by atoms with Crippen LogP contribution in [0.5, 0.6) is 0 Å². The number of rotatable bonds is 5. The number of nitrogens with one attached hydrogen (secondary N) is 2. The second kappa shape index (κ2) is 7.57. The van der Waals surface area contributed by atoms with Crippen LogP contribution >= 0.6 is 0 Å². The zero-order valence-electron chi connectivity index (χ0n) is 14.3. The zero-order chi connectivity index (χ0) is 17.6. The summed E-state index contributed by atoms with van der Waals surface area (Å²) < 4.78 is 0. The minimum Gasteiger partial charge on any atom is -0.347 e. The molecule has 0 unspecified atom stereocenters. The Morgan fingerprint density at radius 3 is 2.40 bits per heavy atom. The molecule has 0 atom stereocenters. The molecule has 0 aliphatic heterocycles. The molecule has 0 aliphatic carbocycles. The first-order chi connectivity index (χ1) is 12.1. The van der Waals surface area contributed by atoms with Crippen molar-refractivity contribution < 1.29 is 4.79 Å². The topological polar surface area (TPSA) is 66.9 Å². The first kappa shape index (κ1) is 16.6. The summed E-state index contributed by atoms with van der Waals surface area (Å²) in [4.78, 5) is 21.0. The van der Waals surface area contributed by atoms with Crippen molar-refractivity contribution in [2.45, 2.75) is 20.4 Å². The molecule has 3 aromatic rings. The molecule has 0 fully saturated rings. The second-order valence-electron chi connectivity index (χ2n) is 5.84. The molecule has 1 heterocycles. The Bertz CT molecular complexity index is 861.